The monoisotopic (exact) mass is 284 g/mol. The Bertz CT molecular complexity index is 331. The molecule has 3 atom stereocenters. The van der Waals surface area contributed by atoms with Crippen LogP contribution in [0.4, 0.5) is 4.79 Å². The topological polar surface area (TPSA) is 78.4 Å². The van der Waals surface area contributed by atoms with Crippen molar-refractivity contribution >= 4 is 12.0 Å². The zero-order valence-electron chi connectivity index (χ0n) is 12.8. The molecule has 1 rings (SSSR count). The van der Waals surface area contributed by atoms with Gasteiger partial charge in [0.05, 0.1) is 0 Å². The van der Waals surface area contributed by atoms with Crippen molar-refractivity contribution in [3.63, 3.8) is 0 Å². The van der Waals surface area contributed by atoms with Gasteiger partial charge < -0.3 is 15.7 Å². The first kappa shape index (κ1) is 16.8. The molecule has 5 heteroatoms. The van der Waals surface area contributed by atoms with Crippen LogP contribution < -0.4 is 10.6 Å². The number of amides is 2. The van der Waals surface area contributed by atoms with Crippen LogP contribution in [0.3, 0.4) is 0 Å². The Kier molecular flexibility index (Phi) is 6.82. The Labute approximate surface area is 121 Å². The summed E-state index contributed by atoms with van der Waals surface area (Å²) >= 11 is 0. The molecule has 20 heavy (non-hydrogen) atoms. The van der Waals surface area contributed by atoms with Crippen molar-refractivity contribution in [1.29, 1.82) is 0 Å². The van der Waals surface area contributed by atoms with Crippen LogP contribution >= 0.6 is 0 Å². The van der Waals surface area contributed by atoms with Gasteiger partial charge in [0, 0.05) is 6.54 Å². The highest BCUT2D eigenvalue weighted by atomic mass is 16.4. The Morgan fingerprint density at radius 1 is 1.30 bits per heavy atom. The second-order valence-electron chi connectivity index (χ2n) is 6.51. The van der Waals surface area contributed by atoms with Gasteiger partial charge in [-0.15, -0.1) is 0 Å². The van der Waals surface area contributed by atoms with Crippen LogP contribution in [0, 0.1) is 17.8 Å². The summed E-state index contributed by atoms with van der Waals surface area (Å²) in [5, 5.41) is 14.4. The van der Waals surface area contributed by atoms with E-state index in [4.69, 9.17) is 5.11 Å². The van der Waals surface area contributed by atoms with Crippen molar-refractivity contribution in [3.05, 3.63) is 0 Å². The first-order valence-corrected chi connectivity index (χ1v) is 7.65. The molecule has 5 nitrogen and oxygen atoms in total. The Morgan fingerprint density at radius 2 is 2.00 bits per heavy atom. The average Bonchev–Trinajstić information content (AvgIpc) is 2.35. The van der Waals surface area contributed by atoms with E-state index < -0.39 is 12.0 Å². The van der Waals surface area contributed by atoms with Crippen molar-refractivity contribution in [2.45, 2.75) is 58.9 Å². The second kappa shape index (κ2) is 8.12. The van der Waals surface area contributed by atoms with Crippen LogP contribution in [0.2, 0.25) is 0 Å². The summed E-state index contributed by atoms with van der Waals surface area (Å²) < 4.78 is 0. The van der Waals surface area contributed by atoms with Gasteiger partial charge in [-0.1, -0.05) is 33.6 Å². The van der Waals surface area contributed by atoms with E-state index >= 15 is 0 Å². The molecule has 0 saturated heterocycles. The number of aliphatic carboxylic acids is 1. The van der Waals surface area contributed by atoms with Crippen LogP contribution in [-0.2, 0) is 4.79 Å². The number of carbonyl (C=O) groups excluding carboxylic acids is 1. The molecular weight excluding hydrogens is 256 g/mol. The quantitative estimate of drug-likeness (QED) is 0.701. The lowest BCUT2D eigenvalue weighted by atomic mass is 9.82. The van der Waals surface area contributed by atoms with E-state index in [1.165, 1.54) is 12.8 Å². The third kappa shape index (κ3) is 6.26. The number of carboxylic acids is 1. The molecule has 1 fully saturated rings. The molecule has 0 aliphatic heterocycles. The number of urea groups is 1. The minimum Gasteiger partial charge on any atom is -0.480 e. The van der Waals surface area contributed by atoms with Gasteiger partial charge in [-0.05, 0) is 37.0 Å². The van der Waals surface area contributed by atoms with Gasteiger partial charge in [-0.3, -0.25) is 0 Å². The fourth-order valence-electron chi connectivity index (χ4n) is 2.88. The highest BCUT2D eigenvalue weighted by Crippen LogP contribution is 2.27. The fourth-order valence-corrected chi connectivity index (χ4v) is 2.88. The molecular formula is C15H28N2O3. The van der Waals surface area contributed by atoms with Gasteiger partial charge >= 0.3 is 12.0 Å². The maximum absolute atomic E-state index is 11.8. The van der Waals surface area contributed by atoms with Crippen LogP contribution in [0.15, 0.2) is 0 Å². The molecule has 0 aromatic carbocycles. The molecule has 2 amide bonds. The molecule has 1 aliphatic carbocycles. The highest BCUT2D eigenvalue weighted by molar-refractivity contribution is 5.82. The second-order valence-corrected chi connectivity index (χ2v) is 6.51. The van der Waals surface area contributed by atoms with E-state index in [0.717, 1.165) is 18.8 Å². The van der Waals surface area contributed by atoms with Crippen molar-refractivity contribution in [2.24, 2.45) is 17.8 Å². The van der Waals surface area contributed by atoms with Crippen molar-refractivity contribution < 1.29 is 14.7 Å². The van der Waals surface area contributed by atoms with Crippen molar-refractivity contribution in [3.8, 4) is 0 Å². The van der Waals surface area contributed by atoms with Gasteiger partial charge in [-0.2, -0.15) is 0 Å². The SMILES string of the molecule is CC(C)CC(NC(=O)NCC1CCCC(C)C1)C(=O)O. The number of hydrogen-bond donors (Lipinski definition) is 3. The molecule has 0 aromatic rings. The fraction of sp³-hybridized carbons (Fsp3) is 0.867. The van der Waals surface area contributed by atoms with Gasteiger partial charge in [-0.25, -0.2) is 9.59 Å². The maximum atomic E-state index is 11.8. The molecule has 3 N–H and O–H groups in total. The zero-order valence-corrected chi connectivity index (χ0v) is 12.8. The Hall–Kier alpha value is -1.26. The summed E-state index contributed by atoms with van der Waals surface area (Å²) in [4.78, 5) is 22.9. The van der Waals surface area contributed by atoms with Gasteiger partial charge in [0.2, 0.25) is 0 Å². The number of hydrogen-bond acceptors (Lipinski definition) is 2. The van der Waals surface area contributed by atoms with E-state index in [1.54, 1.807) is 0 Å². The number of carbonyl (C=O) groups is 2. The third-order valence-corrected chi connectivity index (χ3v) is 3.91. The summed E-state index contributed by atoms with van der Waals surface area (Å²) in [6.45, 7) is 6.78. The molecule has 1 aliphatic rings. The predicted molar refractivity (Wildman–Crippen MR) is 78.5 cm³/mol. The molecule has 0 radical (unpaired) electrons. The zero-order chi connectivity index (χ0) is 15.1. The molecule has 116 valence electrons. The normalized spacial score (nSPS) is 24.2. The summed E-state index contributed by atoms with van der Waals surface area (Å²) in [5.74, 6) is 0.514. The Balaban J connectivity index is 2.32. The smallest absolute Gasteiger partial charge is 0.326 e. The molecule has 0 spiro atoms. The average molecular weight is 284 g/mol. The van der Waals surface area contributed by atoms with Crippen molar-refractivity contribution in [2.75, 3.05) is 6.54 Å². The molecule has 3 unspecified atom stereocenters. The third-order valence-electron chi connectivity index (χ3n) is 3.91. The van der Waals surface area contributed by atoms with Crippen molar-refractivity contribution in [1.82, 2.24) is 10.6 Å². The van der Waals surface area contributed by atoms with Gasteiger partial charge in [0.15, 0.2) is 0 Å². The van der Waals surface area contributed by atoms with Crippen LogP contribution in [0.1, 0.15) is 52.9 Å². The Morgan fingerprint density at radius 3 is 2.55 bits per heavy atom. The summed E-state index contributed by atoms with van der Waals surface area (Å²) in [6, 6.07) is -1.17. The van der Waals surface area contributed by atoms with Gasteiger partial charge in [0.1, 0.15) is 6.04 Å². The minimum atomic E-state index is -0.972. The standard InChI is InChI=1S/C15H28N2O3/c1-10(2)7-13(14(18)19)17-15(20)16-9-12-6-4-5-11(3)8-12/h10-13H,4-9H2,1-3H3,(H,18,19)(H2,16,17,20). The largest absolute Gasteiger partial charge is 0.480 e. The summed E-state index contributed by atoms with van der Waals surface area (Å²) in [6.07, 6.45) is 5.25. The van der Waals surface area contributed by atoms with Crippen LogP contribution in [0.25, 0.3) is 0 Å². The maximum Gasteiger partial charge on any atom is 0.326 e. The minimum absolute atomic E-state index is 0.232. The van der Waals surface area contributed by atoms with E-state index in [1.807, 2.05) is 13.8 Å². The van der Waals surface area contributed by atoms with Gasteiger partial charge in [0.25, 0.3) is 0 Å². The molecule has 0 heterocycles. The number of rotatable bonds is 6. The molecule has 1 saturated carbocycles. The highest BCUT2D eigenvalue weighted by Gasteiger charge is 2.22. The number of carboxylic acid groups (broad SMARTS) is 1. The lowest BCUT2D eigenvalue weighted by Crippen LogP contribution is -2.47. The first-order chi connectivity index (χ1) is 9.38. The van der Waals surface area contributed by atoms with Crippen LogP contribution in [-0.4, -0.2) is 29.7 Å². The molecule has 0 bridgehead atoms. The lowest BCUT2D eigenvalue weighted by Gasteiger charge is -2.27. The van der Waals surface area contributed by atoms with E-state index in [2.05, 4.69) is 17.6 Å². The predicted octanol–water partition coefficient (Wildman–Crippen LogP) is 2.61. The van der Waals surface area contributed by atoms with Crippen LogP contribution in [0.5, 0.6) is 0 Å². The summed E-state index contributed by atoms with van der Waals surface area (Å²) in [7, 11) is 0. The number of nitrogens with one attached hydrogen (secondary N) is 2. The first-order valence-electron chi connectivity index (χ1n) is 7.65. The lowest BCUT2D eigenvalue weighted by molar-refractivity contribution is -0.139. The summed E-state index contributed by atoms with van der Waals surface area (Å²) in [5.41, 5.74) is 0. The van der Waals surface area contributed by atoms with E-state index in [0.29, 0.717) is 18.9 Å². The molecule has 0 aromatic heterocycles. The van der Waals surface area contributed by atoms with E-state index in [9.17, 15) is 9.59 Å². The van der Waals surface area contributed by atoms with E-state index in [-0.39, 0.29) is 11.9 Å².